The molecule has 4 nitrogen and oxygen atoms in total. The molecule has 0 heterocycles. The molecule has 0 aliphatic rings. The SMILES string of the molecule is CCCCCCCC/C=C\CCCCCCCCCCCC(=O)O.CCCCCCCCCCCCCCCCCCCCCC(=O)O. The Kier molecular flexibility index (Phi) is 46.4. The summed E-state index contributed by atoms with van der Waals surface area (Å²) in [5.74, 6) is -1.31. The predicted molar refractivity (Wildman–Crippen MR) is 211 cm³/mol. The Morgan fingerprint density at radius 1 is 0.312 bits per heavy atom. The molecule has 0 rings (SSSR count). The first-order valence-corrected chi connectivity index (χ1v) is 21.6. The van der Waals surface area contributed by atoms with Gasteiger partial charge in [0.15, 0.2) is 0 Å². The van der Waals surface area contributed by atoms with Crippen molar-refractivity contribution in [3.8, 4) is 0 Å². The lowest BCUT2D eigenvalue weighted by Gasteiger charge is -2.03. The van der Waals surface area contributed by atoms with Crippen LogP contribution in [-0.4, -0.2) is 22.2 Å². The van der Waals surface area contributed by atoms with Crippen LogP contribution in [0.1, 0.15) is 258 Å². The minimum Gasteiger partial charge on any atom is -0.481 e. The van der Waals surface area contributed by atoms with Gasteiger partial charge in [0.1, 0.15) is 0 Å². The van der Waals surface area contributed by atoms with E-state index in [1.165, 1.54) is 205 Å². The van der Waals surface area contributed by atoms with Crippen molar-refractivity contribution in [3.63, 3.8) is 0 Å². The van der Waals surface area contributed by atoms with Crippen LogP contribution in [0.3, 0.4) is 0 Å². The summed E-state index contributed by atoms with van der Waals surface area (Å²) in [6.07, 6.45) is 53.2. The highest BCUT2D eigenvalue weighted by Gasteiger charge is 1.98. The molecule has 0 amide bonds. The van der Waals surface area contributed by atoms with Crippen molar-refractivity contribution in [2.45, 2.75) is 258 Å². The van der Waals surface area contributed by atoms with Crippen molar-refractivity contribution in [2.24, 2.45) is 0 Å². The zero-order chi connectivity index (χ0) is 35.4. The van der Waals surface area contributed by atoms with E-state index >= 15 is 0 Å². The first-order chi connectivity index (χ1) is 23.5. The Morgan fingerprint density at radius 2 is 0.500 bits per heavy atom. The number of hydrogen-bond donors (Lipinski definition) is 2. The Morgan fingerprint density at radius 3 is 0.708 bits per heavy atom. The van der Waals surface area contributed by atoms with Crippen LogP contribution >= 0.6 is 0 Å². The van der Waals surface area contributed by atoms with Crippen LogP contribution in [-0.2, 0) is 9.59 Å². The lowest BCUT2D eigenvalue weighted by Crippen LogP contribution is -1.93. The highest BCUT2D eigenvalue weighted by molar-refractivity contribution is 5.66. The maximum absolute atomic E-state index is 10.4. The Balaban J connectivity index is 0. The third kappa shape index (κ3) is 51.5. The monoisotopic (exact) mass is 679 g/mol. The Labute approximate surface area is 301 Å². The van der Waals surface area contributed by atoms with Crippen LogP contribution in [0.4, 0.5) is 0 Å². The molecule has 0 aromatic carbocycles. The molecular formula is C44H86O4. The Bertz CT molecular complexity index is 644. The van der Waals surface area contributed by atoms with Crippen molar-refractivity contribution in [3.05, 3.63) is 12.2 Å². The van der Waals surface area contributed by atoms with Crippen LogP contribution in [0.25, 0.3) is 0 Å². The topological polar surface area (TPSA) is 74.6 Å². The zero-order valence-corrected chi connectivity index (χ0v) is 32.7. The summed E-state index contributed by atoms with van der Waals surface area (Å²) in [6, 6.07) is 0. The highest BCUT2D eigenvalue weighted by atomic mass is 16.4. The van der Waals surface area contributed by atoms with Gasteiger partial charge in [-0.25, -0.2) is 0 Å². The van der Waals surface area contributed by atoms with Gasteiger partial charge in [0, 0.05) is 12.8 Å². The fourth-order valence-corrected chi connectivity index (χ4v) is 6.41. The van der Waals surface area contributed by atoms with Crippen LogP contribution < -0.4 is 0 Å². The molecule has 0 aromatic rings. The van der Waals surface area contributed by atoms with E-state index in [1.54, 1.807) is 0 Å². The highest BCUT2D eigenvalue weighted by Crippen LogP contribution is 2.15. The van der Waals surface area contributed by atoms with E-state index in [1.807, 2.05) is 0 Å². The number of carboxylic acids is 2. The lowest BCUT2D eigenvalue weighted by atomic mass is 10.0. The first kappa shape index (κ1) is 48.8. The van der Waals surface area contributed by atoms with E-state index in [2.05, 4.69) is 26.0 Å². The minimum absolute atomic E-state index is 0.340. The maximum Gasteiger partial charge on any atom is 0.303 e. The second-order valence-corrected chi connectivity index (χ2v) is 14.6. The summed E-state index contributed by atoms with van der Waals surface area (Å²) in [5.41, 5.74) is 0. The number of aliphatic carboxylic acids is 2. The predicted octanol–water partition coefficient (Wildman–Crippen LogP) is 15.6. The molecule has 4 heteroatoms. The standard InChI is InChI=1S/C22H44O2.C22H42O2/c2*1-2-3-4-5-6-7-8-9-10-11-12-13-14-15-16-17-18-19-20-21-22(23)24/h2-21H2,1H3,(H,23,24);9-10H,2-8,11-21H2,1H3,(H,23,24)/b;10-9-. The van der Waals surface area contributed by atoms with Gasteiger partial charge in [-0.05, 0) is 38.5 Å². The molecule has 0 saturated carbocycles. The summed E-state index contributed by atoms with van der Waals surface area (Å²) in [5, 5.41) is 17.1. The van der Waals surface area contributed by atoms with Crippen LogP contribution in [0.5, 0.6) is 0 Å². The number of unbranched alkanes of at least 4 members (excludes halogenated alkanes) is 33. The molecule has 48 heavy (non-hydrogen) atoms. The Hall–Kier alpha value is -1.32. The second kappa shape index (κ2) is 45.7. The van der Waals surface area contributed by atoms with Gasteiger partial charge in [-0.3, -0.25) is 9.59 Å². The maximum atomic E-state index is 10.4. The summed E-state index contributed by atoms with van der Waals surface area (Å²) in [7, 11) is 0. The van der Waals surface area contributed by atoms with Crippen LogP contribution in [0.15, 0.2) is 12.2 Å². The summed E-state index contributed by atoms with van der Waals surface area (Å²) in [4.78, 5) is 20.8. The summed E-state index contributed by atoms with van der Waals surface area (Å²) >= 11 is 0. The largest absolute Gasteiger partial charge is 0.481 e. The molecule has 0 bridgehead atoms. The number of hydrogen-bond acceptors (Lipinski definition) is 2. The molecule has 2 N–H and O–H groups in total. The van der Waals surface area contributed by atoms with Gasteiger partial charge in [-0.1, -0.05) is 219 Å². The van der Waals surface area contributed by atoms with Crippen LogP contribution in [0, 0.1) is 0 Å². The average Bonchev–Trinajstić information content (AvgIpc) is 3.07. The van der Waals surface area contributed by atoms with Gasteiger partial charge in [0.05, 0.1) is 0 Å². The molecule has 0 aromatic heterocycles. The average molecular weight is 679 g/mol. The van der Waals surface area contributed by atoms with Gasteiger partial charge in [-0.2, -0.15) is 0 Å². The van der Waals surface area contributed by atoms with E-state index in [4.69, 9.17) is 10.2 Å². The van der Waals surface area contributed by atoms with E-state index in [0.717, 1.165) is 25.7 Å². The number of allylic oxidation sites excluding steroid dienone is 2. The molecule has 0 unspecified atom stereocenters. The molecule has 0 saturated heterocycles. The van der Waals surface area contributed by atoms with Crippen molar-refractivity contribution in [2.75, 3.05) is 0 Å². The van der Waals surface area contributed by atoms with Crippen molar-refractivity contribution >= 4 is 11.9 Å². The quantitative estimate of drug-likeness (QED) is 0.0501. The fourth-order valence-electron chi connectivity index (χ4n) is 6.41. The molecule has 0 radical (unpaired) electrons. The molecular weight excluding hydrogens is 592 g/mol. The zero-order valence-electron chi connectivity index (χ0n) is 32.7. The molecule has 0 aliphatic carbocycles. The van der Waals surface area contributed by atoms with Crippen molar-refractivity contribution in [1.82, 2.24) is 0 Å². The normalized spacial score (nSPS) is 11.2. The third-order valence-corrected chi connectivity index (χ3v) is 9.65. The van der Waals surface area contributed by atoms with E-state index in [-0.39, 0.29) is 0 Å². The smallest absolute Gasteiger partial charge is 0.303 e. The molecule has 286 valence electrons. The third-order valence-electron chi connectivity index (χ3n) is 9.65. The summed E-state index contributed by atoms with van der Waals surface area (Å²) in [6.45, 7) is 4.55. The van der Waals surface area contributed by atoms with E-state index in [9.17, 15) is 9.59 Å². The van der Waals surface area contributed by atoms with Gasteiger partial charge in [0.25, 0.3) is 0 Å². The van der Waals surface area contributed by atoms with E-state index in [0.29, 0.717) is 12.8 Å². The number of carboxylic acid groups (broad SMARTS) is 2. The van der Waals surface area contributed by atoms with Gasteiger partial charge >= 0.3 is 11.9 Å². The van der Waals surface area contributed by atoms with Crippen LogP contribution in [0.2, 0.25) is 0 Å². The molecule has 0 atom stereocenters. The number of carbonyl (C=O) groups is 2. The van der Waals surface area contributed by atoms with Gasteiger partial charge in [0.2, 0.25) is 0 Å². The lowest BCUT2D eigenvalue weighted by molar-refractivity contribution is -0.138. The van der Waals surface area contributed by atoms with Crippen molar-refractivity contribution < 1.29 is 19.8 Å². The number of rotatable bonds is 39. The minimum atomic E-state index is -0.656. The summed E-state index contributed by atoms with van der Waals surface area (Å²) < 4.78 is 0. The molecule has 0 spiro atoms. The van der Waals surface area contributed by atoms with Crippen molar-refractivity contribution in [1.29, 1.82) is 0 Å². The van der Waals surface area contributed by atoms with Gasteiger partial charge in [-0.15, -0.1) is 0 Å². The fraction of sp³-hybridized carbons (Fsp3) is 0.909. The molecule has 0 aliphatic heterocycles. The second-order valence-electron chi connectivity index (χ2n) is 14.6. The molecule has 0 fully saturated rings. The first-order valence-electron chi connectivity index (χ1n) is 21.6. The van der Waals surface area contributed by atoms with Gasteiger partial charge < -0.3 is 10.2 Å². The van der Waals surface area contributed by atoms with E-state index < -0.39 is 11.9 Å².